The van der Waals surface area contributed by atoms with E-state index in [1.807, 2.05) is 5.32 Å². The molecule has 0 fully saturated rings. The zero-order valence-electron chi connectivity index (χ0n) is 12.1. The van der Waals surface area contributed by atoms with Crippen LogP contribution in [0.15, 0.2) is 23.0 Å². The van der Waals surface area contributed by atoms with E-state index in [0.717, 1.165) is 17.7 Å². The molecule has 10 heteroatoms. The molecule has 3 N–H and O–H groups in total. The first-order valence-electron chi connectivity index (χ1n) is 6.47. The van der Waals surface area contributed by atoms with Crippen molar-refractivity contribution in [3.8, 4) is 5.75 Å². The summed E-state index contributed by atoms with van der Waals surface area (Å²) in [7, 11) is 1.14. The molecular formula is C14H11F3N2O5. The number of carbonyl (C=O) groups excluding carboxylic acids is 1. The summed E-state index contributed by atoms with van der Waals surface area (Å²) in [5.41, 5.74) is -3.04. The van der Waals surface area contributed by atoms with Crippen LogP contribution in [0.4, 0.5) is 13.2 Å². The fourth-order valence-electron chi connectivity index (χ4n) is 2.15. The molecule has 1 aromatic heterocycles. The number of nitrogens with one attached hydrogen (secondary N) is 1. The fraction of sp³-hybridized carbons (Fsp3) is 0.214. The van der Waals surface area contributed by atoms with Crippen LogP contribution >= 0.6 is 0 Å². The van der Waals surface area contributed by atoms with Gasteiger partial charge in [0.05, 0.1) is 11.1 Å². The van der Waals surface area contributed by atoms with Gasteiger partial charge in [0.1, 0.15) is 17.9 Å². The molecule has 2 aromatic rings. The molecule has 0 unspecified atom stereocenters. The van der Waals surface area contributed by atoms with Gasteiger partial charge in [-0.25, -0.2) is 0 Å². The van der Waals surface area contributed by atoms with Crippen LogP contribution in [0, 0.1) is 0 Å². The van der Waals surface area contributed by atoms with Crippen molar-refractivity contribution in [1.29, 1.82) is 0 Å². The summed E-state index contributed by atoms with van der Waals surface area (Å²) in [6.07, 6.45) is -4.64. The lowest BCUT2D eigenvalue weighted by Crippen LogP contribution is -2.35. The summed E-state index contributed by atoms with van der Waals surface area (Å²) in [4.78, 5) is 34.5. The summed E-state index contributed by atoms with van der Waals surface area (Å²) in [6, 6.07) is 2.31. The normalized spacial score (nSPS) is 11.5. The van der Waals surface area contributed by atoms with Gasteiger partial charge in [-0.15, -0.1) is 0 Å². The van der Waals surface area contributed by atoms with Gasteiger partial charge in [0.25, 0.3) is 11.5 Å². The highest BCUT2D eigenvalue weighted by molar-refractivity contribution is 6.03. The lowest BCUT2D eigenvalue weighted by Gasteiger charge is -2.13. The van der Waals surface area contributed by atoms with Crippen molar-refractivity contribution in [2.75, 3.05) is 6.54 Å². The van der Waals surface area contributed by atoms with E-state index >= 15 is 0 Å². The van der Waals surface area contributed by atoms with Crippen LogP contribution in [0.2, 0.25) is 0 Å². The Morgan fingerprint density at radius 2 is 1.92 bits per heavy atom. The van der Waals surface area contributed by atoms with Crippen LogP contribution in [0.3, 0.4) is 0 Å². The molecule has 0 atom stereocenters. The number of aromatic nitrogens is 1. The van der Waals surface area contributed by atoms with Crippen molar-refractivity contribution in [1.82, 2.24) is 9.88 Å². The molecule has 0 aliphatic rings. The Hall–Kier alpha value is -3.04. The fourth-order valence-corrected chi connectivity index (χ4v) is 2.15. The number of aryl methyl sites for hydroxylation is 1. The number of benzene rings is 1. The quantitative estimate of drug-likeness (QED) is 0.772. The number of nitrogens with zero attached hydrogens (tertiary/aromatic N) is 1. The molecular weight excluding hydrogens is 333 g/mol. The average molecular weight is 344 g/mol. The number of carbonyl (C=O) groups is 2. The van der Waals surface area contributed by atoms with Crippen molar-refractivity contribution in [2.24, 2.45) is 7.05 Å². The number of alkyl halides is 3. The number of aromatic hydroxyl groups is 1. The molecule has 1 heterocycles. The Kier molecular flexibility index (Phi) is 4.24. The summed E-state index contributed by atoms with van der Waals surface area (Å²) >= 11 is 0. The molecule has 0 bridgehead atoms. The van der Waals surface area contributed by atoms with Crippen LogP contribution in [-0.4, -0.2) is 33.2 Å². The highest BCUT2D eigenvalue weighted by atomic mass is 19.4. The van der Waals surface area contributed by atoms with Gasteiger partial charge in [0.15, 0.2) is 0 Å². The lowest BCUT2D eigenvalue weighted by molar-refractivity contribution is -0.137. The first-order valence-corrected chi connectivity index (χ1v) is 6.47. The predicted octanol–water partition coefficient (Wildman–Crippen LogP) is 1.08. The van der Waals surface area contributed by atoms with E-state index < -0.39 is 47.0 Å². The minimum atomic E-state index is -4.64. The lowest BCUT2D eigenvalue weighted by atomic mass is 10.1. The van der Waals surface area contributed by atoms with Gasteiger partial charge in [-0.2, -0.15) is 13.2 Å². The third kappa shape index (κ3) is 3.03. The van der Waals surface area contributed by atoms with Crippen molar-refractivity contribution in [3.05, 3.63) is 39.7 Å². The Labute approximate surface area is 131 Å². The van der Waals surface area contributed by atoms with Gasteiger partial charge in [-0.05, 0) is 18.2 Å². The Morgan fingerprint density at radius 1 is 1.29 bits per heavy atom. The van der Waals surface area contributed by atoms with Gasteiger partial charge < -0.3 is 20.1 Å². The molecule has 0 spiro atoms. The molecule has 0 radical (unpaired) electrons. The molecule has 1 amide bonds. The van der Waals surface area contributed by atoms with Gasteiger partial charge in [-0.3, -0.25) is 14.4 Å². The maximum atomic E-state index is 12.8. The predicted molar refractivity (Wildman–Crippen MR) is 75.8 cm³/mol. The third-order valence-electron chi connectivity index (χ3n) is 3.32. The second-order valence-corrected chi connectivity index (χ2v) is 4.89. The van der Waals surface area contributed by atoms with E-state index in [1.54, 1.807) is 0 Å². The standard InChI is InChI=1S/C14H11F3N2O5/c1-19-8-4-6(14(15,16)17)2-3-7(8)11(22)10(13(19)24)12(23)18-5-9(20)21/h2-4,22H,5H2,1H3,(H,18,23)(H,20,21). The van der Waals surface area contributed by atoms with Crippen molar-refractivity contribution in [3.63, 3.8) is 0 Å². The van der Waals surface area contributed by atoms with Crippen LogP contribution in [0.5, 0.6) is 5.75 Å². The molecule has 24 heavy (non-hydrogen) atoms. The second kappa shape index (κ2) is 5.87. The van der Waals surface area contributed by atoms with E-state index in [9.17, 15) is 32.7 Å². The van der Waals surface area contributed by atoms with E-state index in [4.69, 9.17) is 5.11 Å². The number of halogens is 3. The maximum Gasteiger partial charge on any atom is 0.416 e. The summed E-state index contributed by atoms with van der Waals surface area (Å²) in [5, 5.41) is 20.4. The van der Waals surface area contributed by atoms with Crippen molar-refractivity contribution in [2.45, 2.75) is 6.18 Å². The van der Waals surface area contributed by atoms with Crippen LogP contribution in [0.25, 0.3) is 10.9 Å². The third-order valence-corrected chi connectivity index (χ3v) is 3.32. The Balaban J connectivity index is 2.67. The molecule has 0 aliphatic carbocycles. The summed E-state index contributed by atoms with van der Waals surface area (Å²) in [6.45, 7) is -0.785. The molecule has 2 rings (SSSR count). The Bertz CT molecular complexity index is 902. The molecule has 0 saturated heterocycles. The van der Waals surface area contributed by atoms with E-state index in [1.165, 1.54) is 0 Å². The number of amides is 1. The number of fused-ring (bicyclic) bond motifs is 1. The topological polar surface area (TPSA) is 109 Å². The van der Waals surface area contributed by atoms with E-state index in [-0.39, 0.29) is 10.9 Å². The molecule has 1 aromatic carbocycles. The number of pyridine rings is 1. The maximum absolute atomic E-state index is 12.8. The van der Waals surface area contributed by atoms with Crippen molar-refractivity contribution < 1.29 is 33.0 Å². The largest absolute Gasteiger partial charge is 0.506 e. The highest BCUT2D eigenvalue weighted by Crippen LogP contribution is 2.33. The van der Waals surface area contributed by atoms with Gasteiger partial charge in [0, 0.05) is 12.4 Å². The van der Waals surface area contributed by atoms with Gasteiger partial charge in [0.2, 0.25) is 0 Å². The zero-order chi connectivity index (χ0) is 18.2. The summed E-state index contributed by atoms with van der Waals surface area (Å²) in [5.74, 6) is -3.32. The van der Waals surface area contributed by atoms with Gasteiger partial charge >= 0.3 is 12.1 Å². The monoisotopic (exact) mass is 344 g/mol. The molecule has 128 valence electrons. The summed E-state index contributed by atoms with van der Waals surface area (Å²) < 4.78 is 39.1. The van der Waals surface area contributed by atoms with Crippen LogP contribution in [0.1, 0.15) is 15.9 Å². The number of hydrogen-bond acceptors (Lipinski definition) is 4. The second-order valence-electron chi connectivity index (χ2n) is 4.89. The van der Waals surface area contributed by atoms with Crippen molar-refractivity contribution >= 4 is 22.8 Å². The Morgan fingerprint density at radius 3 is 2.46 bits per heavy atom. The minimum Gasteiger partial charge on any atom is -0.506 e. The average Bonchev–Trinajstić information content (AvgIpc) is 2.49. The van der Waals surface area contributed by atoms with Crippen LogP contribution < -0.4 is 10.9 Å². The molecule has 0 saturated carbocycles. The van der Waals surface area contributed by atoms with E-state index in [0.29, 0.717) is 12.1 Å². The first-order chi connectivity index (χ1) is 11.0. The molecule has 0 aliphatic heterocycles. The zero-order valence-corrected chi connectivity index (χ0v) is 12.1. The highest BCUT2D eigenvalue weighted by Gasteiger charge is 2.31. The number of aliphatic carboxylic acids is 1. The number of carboxylic acid groups (broad SMARTS) is 1. The minimum absolute atomic E-state index is 0.148. The van der Waals surface area contributed by atoms with Crippen LogP contribution in [-0.2, 0) is 18.0 Å². The smallest absolute Gasteiger partial charge is 0.416 e. The van der Waals surface area contributed by atoms with E-state index in [2.05, 4.69) is 0 Å². The first kappa shape index (κ1) is 17.3. The number of carboxylic acids is 1. The van der Waals surface area contributed by atoms with Gasteiger partial charge in [-0.1, -0.05) is 0 Å². The number of hydrogen-bond donors (Lipinski definition) is 3. The number of rotatable bonds is 3. The molecule has 7 nitrogen and oxygen atoms in total. The SMILES string of the molecule is Cn1c(=O)c(C(=O)NCC(=O)O)c(O)c2ccc(C(F)(F)F)cc21.